The number of rotatable bonds is 19. The first-order chi connectivity index (χ1) is 18.1. The summed E-state index contributed by atoms with van der Waals surface area (Å²) >= 11 is 0. The van der Waals surface area contributed by atoms with E-state index in [1.54, 1.807) is 7.11 Å². The molecule has 0 aliphatic heterocycles. The van der Waals surface area contributed by atoms with Gasteiger partial charge in [-0.2, -0.15) is 0 Å². The highest BCUT2D eigenvalue weighted by Crippen LogP contribution is 2.48. The van der Waals surface area contributed by atoms with E-state index in [1.807, 2.05) is 6.07 Å². The van der Waals surface area contributed by atoms with Crippen LogP contribution < -0.4 is 0 Å². The van der Waals surface area contributed by atoms with Gasteiger partial charge in [-0.1, -0.05) is 113 Å². The zero-order chi connectivity index (χ0) is 30.0. The normalized spacial score (nSPS) is 15.8. The van der Waals surface area contributed by atoms with Gasteiger partial charge in [0.15, 0.2) is 0 Å². The standard InChI is InChI=1S/C32H62O5Si2/c1-24(2)38(25(3)4,26(5)6)36-31(21-34-20-30-18-16-15-17-19-30)32(13,22-35-23-33-14)37-39(27(7)8,28(9)10)29(11)12/h15-19,24-29,31H,20-23H2,1-14H3/t31-,32-/m0/s1. The van der Waals surface area contributed by atoms with Gasteiger partial charge in [-0.15, -0.1) is 0 Å². The highest BCUT2D eigenvalue weighted by atomic mass is 28.4. The zero-order valence-corrected chi connectivity index (χ0v) is 29.8. The summed E-state index contributed by atoms with van der Waals surface area (Å²) in [6, 6.07) is 10.4. The van der Waals surface area contributed by atoms with Crippen molar-refractivity contribution in [2.75, 3.05) is 27.1 Å². The lowest BCUT2D eigenvalue weighted by molar-refractivity contribution is -0.144. The van der Waals surface area contributed by atoms with Crippen LogP contribution in [-0.4, -0.2) is 55.5 Å². The van der Waals surface area contributed by atoms with E-state index in [0.29, 0.717) is 53.1 Å². The van der Waals surface area contributed by atoms with Crippen molar-refractivity contribution in [3.63, 3.8) is 0 Å². The number of hydrogen-bond acceptors (Lipinski definition) is 5. The molecule has 0 radical (unpaired) electrons. The Kier molecular flexibility index (Phi) is 15.1. The van der Waals surface area contributed by atoms with Crippen molar-refractivity contribution in [2.45, 2.75) is 142 Å². The smallest absolute Gasteiger partial charge is 0.201 e. The Morgan fingerprint density at radius 3 is 1.54 bits per heavy atom. The molecule has 0 fully saturated rings. The van der Waals surface area contributed by atoms with Crippen LogP contribution in [0.1, 0.15) is 95.6 Å². The van der Waals surface area contributed by atoms with Crippen molar-refractivity contribution in [1.82, 2.24) is 0 Å². The molecule has 0 amide bonds. The Morgan fingerprint density at radius 2 is 1.13 bits per heavy atom. The predicted molar refractivity (Wildman–Crippen MR) is 170 cm³/mol. The van der Waals surface area contributed by atoms with Gasteiger partial charge in [-0.3, -0.25) is 0 Å². The molecule has 0 aliphatic rings. The van der Waals surface area contributed by atoms with Crippen LogP contribution in [0.25, 0.3) is 0 Å². The van der Waals surface area contributed by atoms with Gasteiger partial charge < -0.3 is 23.1 Å². The van der Waals surface area contributed by atoms with Gasteiger partial charge >= 0.3 is 0 Å². The van der Waals surface area contributed by atoms with Gasteiger partial charge in [0.05, 0.1) is 25.9 Å². The lowest BCUT2D eigenvalue weighted by atomic mass is 10.0. The molecule has 0 heterocycles. The minimum Gasteiger partial charge on any atom is -0.408 e. The second kappa shape index (κ2) is 16.2. The summed E-state index contributed by atoms with van der Waals surface area (Å²) in [6.45, 7) is 31.8. The van der Waals surface area contributed by atoms with Crippen molar-refractivity contribution in [1.29, 1.82) is 0 Å². The van der Waals surface area contributed by atoms with Crippen LogP contribution in [0.3, 0.4) is 0 Å². The van der Waals surface area contributed by atoms with Crippen LogP contribution in [0, 0.1) is 0 Å². The third-order valence-corrected chi connectivity index (χ3v) is 21.2. The quantitative estimate of drug-likeness (QED) is 0.0924. The Morgan fingerprint density at radius 1 is 0.667 bits per heavy atom. The summed E-state index contributed by atoms with van der Waals surface area (Å²) in [5.41, 5.74) is 3.11. The minimum atomic E-state index is -2.29. The Bertz CT molecular complexity index is 753. The maximum absolute atomic E-state index is 7.58. The molecule has 0 N–H and O–H groups in total. The van der Waals surface area contributed by atoms with Gasteiger partial charge in [-0.25, -0.2) is 0 Å². The van der Waals surface area contributed by atoms with E-state index in [0.717, 1.165) is 5.56 Å². The maximum atomic E-state index is 7.58. The molecule has 0 bridgehead atoms. The lowest BCUT2D eigenvalue weighted by Crippen LogP contribution is -2.63. The van der Waals surface area contributed by atoms with Crippen LogP contribution in [0.4, 0.5) is 0 Å². The first-order valence-corrected chi connectivity index (χ1v) is 19.5. The fourth-order valence-corrected chi connectivity index (χ4v) is 18.5. The molecular weight excluding hydrogens is 521 g/mol. The van der Waals surface area contributed by atoms with Crippen LogP contribution in [0.15, 0.2) is 30.3 Å². The Labute approximate surface area is 243 Å². The molecule has 39 heavy (non-hydrogen) atoms. The molecular formula is C32H62O5Si2. The van der Waals surface area contributed by atoms with E-state index < -0.39 is 22.2 Å². The molecule has 0 spiro atoms. The average Bonchev–Trinajstić information content (AvgIpc) is 2.84. The lowest BCUT2D eigenvalue weighted by Gasteiger charge is -2.53. The first kappa shape index (κ1) is 36.5. The van der Waals surface area contributed by atoms with Gasteiger partial charge in [0.1, 0.15) is 12.4 Å². The summed E-state index contributed by atoms with van der Waals surface area (Å²) < 4.78 is 33.0. The van der Waals surface area contributed by atoms with E-state index in [-0.39, 0.29) is 12.9 Å². The Balaban J connectivity index is 3.68. The number of benzene rings is 1. The fourth-order valence-electron chi connectivity index (χ4n) is 7.12. The number of hydrogen-bond donors (Lipinski definition) is 0. The molecule has 0 saturated heterocycles. The van der Waals surface area contributed by atoms with Crippen molar-refractivity contribution in [3.8, 4) is 0 Å². The van der Waals surface area contributed by atoms with E-state index in [1.165, 1.54) is 0 Å². The molecule has 0 aromatic heterocycles. The van der Waals surface area contributed by atoms with Crippen LogP contribution in [-0.2, 0) is 29.7 Å². The van der Waals surface area contributed by atoms with E-state index >= 15 is 0 Å². The number of methoxy groups -OCH3 is 1. The highest BCUT2D eigenvalue weighted by Gasteiger charge is 2.55. The largest absolute Gasteiger partial charge is 0.408 e. The van der Waals surface area contributed by atoms with Crippen LogP contribution >= 0.6 is 0 Å². The van der Waals surface area contributed by atoms with E-state index in [4.69, 9.17) is 23.1 Å². The van der Waals surface area contributed by atoms with Gasteiger partial charge in [0, 0.05) is 7.11 Å². The minimum absolute atomic E-state index is 0.219. The van der Waals surface area contributed by atoms with Crippen LogP contribution in [0.5, 0.6) is 0 Å². The first-order valence-electron chi connectivity index (χ1n) is 15.2. The average molecular weight is 583 g/mol. The third kappa shape index (κ3) is 8.97. The number of ether oxygens (including phenoxy) is 3. The van der Waals surface area contributed by atoms with Crippen molar-refractivity contribution >= 4 is 16.6 Å². The second-order valence-electron chi connectivity index (χ2n) is 13.4. The molecule has 0 aliphatic carbocycles. The maximum Gasteiger partial charge on any atom is 0.201 e. The van der Waals surface area contributed by atoms with Crippen molar-refractivity contribution in [2.24, 2.45) is 0 Å². The summed E-state index contributed by atoms with van der Waals surface area (Å²) in [5, 5.41) is 0. The summed E-state index contributed by atoms with van der Waals surface area (Å²) in [6.07, 6.45) is -0.278. The molecule has 1 rings (SSSR count). The molecule has 0 unspecified atom stereocenters. The zero-order valence-electron chi connectivity index (χ0n) is 27.8. The summed E-state index contributed by atoms with van der Waals surface area (Å²) in [4.78, 5) is 0. The molecule has 5 nitrogen and oxygen atoms in total. The summed E-state index contributed by atoms with van der Waals surface area (Å²) in [7, 11) is -2.89. The molecule has 1 aromatic rings. The highest BCUT2D eigenvalue weighted by molar-refractivity contribution is 6.78. The molecule has 0 saturated carbocycles. The summed E-state index contributed by atoms with van der Waals surface area (Å²) in [5.74, 6) is 0. The molecule has 2 atom stereocenters. The van der Waals surface area contributed by atoms with Crippen molar-refractivity contribution in [3.05, 3.63) is 35.9 Å². The fraction of sp³-hybridized carbons (Fsp3) is 0.812. The van der Waals surface area contributed by atoms with Crippen LogP contribution in [0.2, 0.25) is 33.2 Å². The predicted octanol–water partition coefficient (Wildman–Crippen LogP) is 9.34. The Hall–Kier alpha value is -0.546. The van der Waals surface area contributed by atoms with Gasteiger partial charge in [0.2, 0.25) is 16.6 Å². The SMILES string of the molecule is COCOC[C@](C)(O[Si](C(C)C)(C(C)C)C(C)C)[C@H](COCc1ccccc1)O[Si](C(C)C)(C(C)C)C(C)C. The molecule has 228 valence electrons. The third-order valence-electron chi connectivity index (χ3n) is 8.82. The van der Waals surface area contributed by atoms with Gasteiger partial charge in [0.25, 0.3) is 0 Å². The van der Waals surface area contributed by atoms with Gasteiger partial charge in [-0.05, 0) is 45.7 Å². The molecule has 7 heteroatoms. The second-order valence-corrected chi connectivity index (χ2v) is 24.2. The van der Waals surface area contributed by atoms with E-state index in [2.05, 4.69) is 114 Å². The van der Waals surface area contributed by atoms with E-state index in [9.17, 15) is 0 Å². The molecule has 1 aromatic carbocycles. The topological polar surface area (TPSA) is 46.2 Å². The van der Waals surface area contributed by atoms with Crippen molar-refractivity contribution < 1.29 is 23.1 Å². The monoisotopic (exact) mass is 582 g/mol.